The zero-order valence-corrected chi connectivity index (χ0v) is 13.7. The molecule has 1 unspecified atom stereocenters. The van der Waals surface area contributed by atoms with E-state index in [-0.39, 0.29) is 6.04 Å². The van der Waals surface area contributed by atoms with E-state index in [1.165, 1.54) is 0 Å². The molecule has 0 aliphatic carbocycles. The van der Waals surface area contributed by atoms with Crippen LogP contribution in [0, 0.1) is 0 Å². The summed E-state index contributed by atoms with van der Waals surface area (Å²) in [5.41, 5.74) is 8.80. The monoisotopic (exact) mass is 362 g/mol. The van der Waals surface area contributed by atoms with Crippen LogP contribution in [0.3, 0.4) is 0 Å². The number of rotatable bonds is 3. The number of para-hydroxylation sites is 1. The van der Waals surface area contributed by atoms with Gasteiger partial charge in [0, 0.05) is 27.7 Å². The maximum atomic E-state index is 5.85. The molecule has 0 aromatic heterocycles. The number of hydrogen-bond acceptors (Lipinski definition) is 3. The first-order valence-corrected chi connectivity index (χ1v) is 7.93. The number of nitrogens with two attached hydrogens (primary N) is 1. The molecule has 5 heteroatoms. The molecule has 3 rings (SSSR count). The summed E-state index contributed by atoms with van der Waals surface area (Å²) in [7, 11) is 0. The molecule has 0 saturated heterocycles. The molecular formula is C16H15BrN2OS. The van der Waals surface area contributed by atoms with Crippen molar-refractivity contribution in [2.75, 3.05) is 11.9 Å². The van der Waals surface area contributed by atoms with Crippen LogP contribution in [0.2, 0.25) is 0 Å². The summed E-state index contributed by atoms with van der Waals surface area (Å²) in [5.74, 6) is 0.938. The predicted molar refractivity (Wildman–Crippen MR) is 92.9 cm³/mol. The van der Waals surface area contributed by atoms with Gasteiger partial charge in [-0.2, -0.15) is 0 Å². The highest BCUT2D eigenvalue weighted by atomic mass is 79.9. The smallest absolute Gasteiger partial charge is 0.124 e. The minimum Gasteiger partial charge on any atom is -0.493 e. The third kappa shape index (κ3) is 2.89. The van der Waals surface area contributed by atoms with Crippen LogP contribution >= 0.6 is 28.1 Å². The number of benzene rings is 2. The Bertz CT molecular complexity index is 690. The molecule has 0 radical (unpaired) electrons. The maximum Gasteiger partial charge on any atom is 0.124 e. The number of halogens is 1. The van der Waals surface area contributed by atoms with Gasteiger partial charge in [0.05, 0.1) is 12.6 Å². The Morgan fingerprint density at radius 2 is 2.05 bits per heavy atom. The van der Waals surface area contributed by atoms with Gasteiger partial charge >= 0.3 is 0 Å². The van der Waals surface area contributed by atoms with Crippen molar-refractivity contribution in [3.05, 3.63) is 58.1 Å². The average molecular weight is 363 g/mol. The summed E-state index contributed by atoms with van der Waals surface area (Å²) in [6.45, 7) is 0.699. The van der Waals surface area contributed by atoms with Crippen LogP contribution in [0.4, 0.5) is 5.69 Å². The first-order chi connectivity index (χ1) is 10.2. The first kappa shape index (κ1) is 14.4. The van der Waals surface area contributed by atoms with E-state index < -0.39 is 0 Å². The molecule has 0 saturated carbocycles. The Labute approximate surface area is 137 Å². The highest BCUT2D eigenvalue weighted by Crippen LogP contribution is 2.35. The van der Waals surface area contributed by atoms with Crippen LogP contribution in [-0.4, -0.2) is 11.6 Å². The molecule has 1 atom stereocenters. The van der Waals surface area contributed by atoms with Gasteiger partial charge in [0.15, 0.2) is 0 Å². The second-order valence-corrected chi connectivity index (χ2v) is 6.19. The second kappa shape index (κ2) is 6.03. The van der Waals surface area contributed by atoms with Crippen molar-refractivity contribution >= 4 is 38.8 Å². The molecule has 2 aromatic carbocycles. The number of anilines is 1. The third-order valence-corrected chi connectivity index (χ3v) is 4.41. The largest absolute Gasteiger partial charge is 0.493 e. The number of nitrogens with one attached hydrogen (secondary N) is 1. The summed E-state index contributed by atoms with van der Waals surface area (Å²) >= 11 is 8.68. The SMILES string of the molecule is NC(=S)c1c(Br)cccc1NC1CCOc2ccccc21. The molecule has 0 fully saturated rings. The second-order valence-electron chi connectivity index (χ2n) is 4.90. The Balaban J connectivity index is 1.96. The van der Waals surface area contributed by atoms with Crippen molar-refractivity contribution < 1.29 is 4.74 Å². The summed E-state index contributed by atoms with van der Waals surface area (Å²) in [6.07, 6.45) is 0.903. The molecule has 1 aliphatic heterocycles. The van der Waals surface area contributed by atoms with Gasteiger partial charge in [-0.05, 0) is 34.1 Å². The quantitative estimate of drug-likeness (QED) is 0.809. The summed E-state index contributed by atoms with van der Waals surface area (Å²) < 4.78 is 6.60. The van der Waals surface area contributed by atoms with Crippen molar-refractivity contribution in [1.29, 1.82) is 0 Å². The molecule has 1 heterocycles. The first-order valence-electron chi connectivity index (χ1n) is 6.73. The van der Waals surface area contributed by atoms with Crippen molar-refractivity contribution in [3.8, 4) is 5.75 Å². The fourth-order valence-electron chi connectivity index (χ4n) is 2.57. The fraction of sp³-hybridized carbons (Fsp3) is 0.188. The van der Waals surface area contributed by atoms with Gasteiger partial charge in [-0.25, -0.2) is 0 Å². The highest BCUT2D eigenvalue weighted by Gasteiger charge is 2.22. The van der Waals surface area contributed by atoms with Gasteiger partial charge in [0.2, 0.25) is 0 Å². The number of hydrogen-bond donors (Lipinski definition) is 2. The highest BCUT2D eigenvalue weighted by molar-refractivity contribution is 9.10. The standard InChI is InChI=1S/C16H15BrN2OS/c17-11-5-3-6-13(15(11)16(18)21)19-12-8-9-20-14-7-2-1-4-10(12)14/h1-7,12,19H,8-9H2,(H2,18,21). The molecule has 0 amide bonds. The van der Waals surface area contributed by atoms with Crippen LogP contribution in [0.1, 0.15) is 23.6 Å². The van der Waals surface area contributed by atoms with E-state index in [9.17, 15) is 0 Å². The van der Waals surface area contributed by atoms with Gasteiger partial charge in [0.25, 0.3) is 0 Å². The van der Waals surface area contributed by atoms with Crippen LogP contribution in [0.5, 0.6) is 5.75 Å². The topological polar surface area (TPSA) is 47.3 Å². The lowest BCUT2D eigenvalue weighted by molar-refractivity contribution is 0.274. The Kier molecular flexibility index (Phi) is 4.12. The lowest BCUT2D eigenvalue weighted by Gasteiger charge is -2.28. The van der Waals surface area contributed by atoms with Crippen molar-refractivity contribution in [2.24, 2.45) is 5.73 Å². The summed E-state index contributed by atoms with van der Waals surface area (Å²) in [4.78, 5) is 0.380. The van der Waals surface area contributed by atoms with E-state index >= 15 is 0 Å². The number of ether oxygens (including phenoxy) is 1. The molecule has 2 aromatic rings. The lowest BCUT2D eigenvalue weighted by Crippen LogP contribution is -2.22. The average Bonchev–Trinajstić information content (AvgIpc) is 2.47. The zero-order valence-electron chi connectivity index (χ0n) is 11.3. The summed E-state index contributed by atoms with van der Waals surface area (Å²) in [6, 6.07) is 14.2. The fourth-order valence-corrected chi connectivity index (χ4v) is 3.51. The minimum absolute atomic E-state index is 0.192. The Morgan fingerprint density at radius 3 is 2.86 bits per heavy atom. The molecule has 21 heavy (non-hydrogen) atoms. The molecule has 0 spiro atoms. The number of fused-ring (bicyclic) bond motifs is 1. The van der Waals surface area contributed by atoms with Crippen molar-refractivity contribution in [1.82, 2.24) is 0 Å². The van der Waals surface area contributed by atoms with Crippen LogP contribution in [-0.2, 0) is 0 Å². The van der Waals surface area contributed by atoms with Crippen LogP contribution in [0.15, 0.2) is 46.9 Å². The van der Waals surface area contributed by atoms with Crippen molar-refractivity contribution in [2.45, 2.75) is 12.5 Å². The van der Waals surface area contributed by atoms with Crippen molar-refractivity contribution in [3.63, 3.8) is 0 Å². The van der Waals surface area contributed by atoms with Gasteiger partial charge in [-0.15, -0.1) is 0 Å². The molecule has 3 nitrogen and oxygen atoms in total. The zero-order chi connectivity index (χ0) is 14.8. The maximum absolute atomic E-state index is 5.85. The van der Waals surface area contributed by atoms with E-state index in [1.807, 2.05) is 36.4 Å². The Hall–Kier alpha value is -1.59. The molecule has 1 aliphatic rings. The Morgan fingerprint density at radius 1 is 1.24 bits per heavy atom. The molecular weight excluding hydrogens is 348 g/mol. The van der Waals surface area contributed by atoms with Gasteiger partial charge in [-0.3, -0.25) is 0 Å². The van der Waals surface area contributed by atoms with Crippen LogP contribution < -0.4 is 15.8 Å². The van der Waals surface area contributed by atoms with E-state index in [0.29, 0.717) is 11.6 Å². The molecule has 3 N–H and O–H groups in total. The minimum atomic E-state index is 0.192. The van der Waals surface area contributed by atoms with E-state index in [0.717, 1.165) is 33.5 Å². The molecule has 108 valence electrons. The number of thiocarbonyl (C=S) groups is 1. The van der Waals surface area contributed by atoms with E-state index in [1.54, 1.807) is 0 Å². The van der Waals surface area contributed by atoms with Crippen LogP contribution in [0.25, 0.3) is 0 Å². The molecule has 0 bridgehead atoms. The van der Waals surface area contributed by atoms with E-state index in [2.05, 4.69) is 27.3 Å². The van der Waals surface area contributed by atoms with Gasteiger partial charge in [-0.1, -0.05) is 36.5 Å². The lowest BCUT2D eigenvalue weighted by atomic mass is 9.99. The van der Waals surface area contributed by atoms with Gasteiger partial charge in [0.1, 0.15) is 10.7 Å². The third-order valence-electron chi connectivity index (χ3n) is 3.55. The summed E-state index contributed by atoms with van der Waals surface area (Å²) in [5, 5.41) is 3.55. The predicted octanol–water partition coefficient (Wildman–Crippen LogP) is 4.02. The van der Waals surface area contributed by atoms with Gasteiger partial charge < -0.3 is 15.8 Å². The normalized spacial score (nSPS) is 16.7. The van der Waals surface area contributed by atoms with E-state index in [4.69, 9.17) is 22.7 Å².